The highest BCUT2D eigenvalue weighted by Gasteiger charge is 2.25. The minimum atomic E-state index is -2.97. The van der Waals surface area contributed by atoms with Gasteiger partial charge in [-0.05, 0) is 6.42 Å². The Morgan fingerprint density at radius 2 is 2.12 bits per heavy atom. The number of ether oxygens (including phenoxy) is 1. The van der Waals surface area contributed by atoms with Crippen molar-refractivity contribution in [2.45, 2.75) is 19.0 Å². The Kier molecular flexibility index (Phi) is 2.90. The van der Waals surface area contributed by atoms with E-state index in [0.717, 1.165) is 7.11 Å². The van der Waals surface area contributed by atoms with Crippen LogP contribution in [0.2, 0.25) is 0 Å². The van der Waals surface area contributed by atoms with E-state index in [1.54, 1.807) is 0 Å². The van der Waals surface area contributed by atoms with E-state index >= 15 is 0 Å². The third-order valence-electron chi connectivity index (χ3n) is 0.766. The van der Waals surface area contributed by atoms with Crippen molar-refractivity contribution in [2.24, 2.45) is 0 Å². The maximum Gasteiger partial charge on any atom is 0.355 e. The number of hydrogen-bond acceptors (Lipinski definition) is 1. The van der Waals surface area contributed by atoms with Crippen molar-refractivity contribution >= 4 is 0 Å². The maximum atomic E-state index is 11.9. The molecule has 0 amide bonds. The summed E-state index contributed by atoms with van der Waals surface area (Å²) in [5.74, 6) is 0. The van der Waals surface area contributed by atoms with Crippen molar-refractivity contribution in [3.63, 3.8) is 0 Å². The highest BCUT2D eigenvalue weighted by Crippen LogP contribution is 2.19. The predicted molar refractivity (Wildman–Crippen MR) is 26.5 cm³/mol. The Labute approximate surface area is 47.6 Å². The third-order valence-corrected chi connectivity index (χ3v) is 0.766. The lowest BCUT2D eigenvalue weighted by molar-refractivity contribution is -0.224. The highest BCUT2D eigenvalue weighted by molar-refractivity contribution is 4.51. The van der Waals surface area contributed by atoms with Gasteiger partial charge >= 0.3 is 6.11 Å². The second kappa shape index (κ2) is 2.97. The van der Waals surface area contributed by atoms with Gasteiger partial charge in [0.05, 0.1) is 0 Å². The van der Waals surface area contributed by atoms with Crippen molar-refractivity contribution in [1.82, 2.24) is 0 Å². The lowest BCUT2D eigenvalue weighted by Gasteiger charge is -2.10. The predicted octanol–water partition coefficient (Wildman–Crippen LogP) is 1.84. The van der Waals surface area contributed by atoms with Gasteiger partial charge in [0.15, 0.2) is 0 Å². The molecule has 0 aromatic heterocycles. The molecule has 1 nitrogen and oxygen atoms in total. The van der Waals surface area contributed by atoms with Crippen LogP contribution in [-0.2, 0) is 4.74 Å². The summed E-state index contributed by atoms with van der Waals surface area (Å²) < 4.78 is 27.6. The molecule has 0 saturated carbocycles. The van der Waals surface area contributed by atoms with Crippen LogP contribution in [0.25, 0.3) is 0 Å². The van der Waals surface area contributed by atoms with Gasteiger partial charge in [-0.25, -0.2) is 0 Å². The second-order valence-corrected chi connectivity index (χ2v) is 1.45. The summed E-state index contributed by atoms with van der Waals surface area (Å²) in [5.41, 5.74) is 0. The first kappa shape index (κ1) is 7.82. The molecular weight excluding hydrogens is 114 g/mol. The molecule has 0 aliphatic carbocycles. The van der Waals surface area contributed by atoms with E-state index in [1.165, 1.54) is 0 Å². The molecule has 0 aromatic carbocycles. The molecule has 0 aromatic rings. The fourth-order valence-corrected chi connectivity index (χ4v) is 0.308. The van der Waals surface area contributed by atoms with Crippen LogP contribution in [0.4, 0.5) is 8.78 Å². The van der Waals surface area contributed by atoms with Gasteiger partial charge in [-0.3, -0.25) is 0 Å². The number of hydrogen-bond donors (Lipinski definition) is 0. The summed E-state index contributed by atoms with van der Waals surface area (Å²) >= 11 is 0. The van der Waals surface area contributed by atoms with Gasteiger partial charge < -0.3 is 4.74 Å². The Balaban J connectivity index is 3.37. The number of alkyl halides is 2. The Morgan fingerprint density at radius 1 is 1.62 bits per heavy atom. The zero-order valence-electron chi connectivity index (χ0n) is 4.79. The van der Waals surface area contributed by atoms with E-state index in [1.807, 2.05) is 0 Å². The summed E-state index contributed by atoms with van der Waals surface area (Å²) in [6.45, 7) is 3.26. The van der Waals surface area contributed by atoms with Crippen LogP contribution in [-0.4, -0.2) is 13.2 Å². The summed E-state index contributed by atoms with van der Waals surface area (Å²) in [4.78, 5) is 0. The van der Waals surface area contributed by atoms with E-state index < -0.39 is 6.11 Å². The minimum Gasteiger partial charge on any atom is -0.324 e. The zero-order valence-corrected chi connectivity index (χ0v) is 4.79. The van der Waals surface area contributed by atoms with Gasteiger partial charge in [0.2, 0.25) is 0 Å². The van der Waals surface area contributed by atoms with Crippen molar-refractivity contribution < 1.29 is 13.5 Å². The van der Waals surface area contributed by atoms with Gasteiger partial charge in [-0.2, -0.15) is 8.78 Å². The molecular formula is C5H9F2O. The average molecular weight is 123 g/mol. The lowest BCUT2D eigenvalue weighted by atomic mass is 10.3. The van der Waals surface area contributed by atoms with Crippen LogP contribution in [0.1, 0.15) is 12.8 Å². The van der Waals surface area contributed by atoms with Gasteiger partial charge in [0, 0.05) is 13.5 Å². The van der Waals surface area contributed by atoms with E-state index in [0.29, 0.717) is 0 Å². The summed E-state index contributed by atoms with van der Waals surface area (Å²) in [6.07, 6.45) is -3.08. The first-order valence-corrected chi connectivity index (χ1v) is 2.34. The number of rotatable bonds is 3. The van der Waals surface area contributed by atoms with Crippen LogP contribution in [0.15, 0.2) is 0 Å². The van der Waals surface area contributed by atoms with Crippen molar-refractivity contribution in [1.29, 1.82) is 0 Å². The van der Waals surface area contributed by atoms with Crippen LogP contribution in [0.5, 0.6) is 0 Å². The molecule has 0 saturated heterocycles. The Hall–Kier alpha value is -0.180. The van der Waals surface area contributed by atoms with E-state index in [2.05, 4.69) is 11.7 Å². The van der Waals surface area contributed by atoms with Gasteiger partial charge in [0.1, 0.15) is 0 Å². The normalized spacial score (nSPS) is 12.0. The molecule has 1 radical (unpaired) electrons. The smallest absolute Gasteiger partial charge is 0.324 e. The molecule has 8 heavy (non-hydrogen) atoms. The zero-order chi connectivity index (χ0) is 6.62. The molecule has 0 aliphatic rings. The fraction of sp³-hybridized carbons (Fsp3) is 0.800. The molecule has 0 atom stereocenters. The largest absolute Gasteiger partial charge is 0.355 e. The molecule has 0 rings (SSSR count). The molecule has 0 unspecified atom stereocenters. The first-order valence-electron chi connectivity index (χ1n) is 2.34. The molecule has 3 heteroatoms. The molecule has 0 fully saturated rings. The second-order valence-electron chi connectivity index (χ2n) is 1.45. The van der Waals surface area contributed by atoms with Crippen LogP contribution in [0.3, 0.4) is 0 Å². The quantitative estimate of drug-likeness (QED) is 0.556. The van der Waals surface area contributed by atoms with E-state index in [4.69, 9.17) is 0 Å². The van der Waals surface area contributed by atoms with Gasteiger partial charge in [-0.15, -0.1) is 0 Å². The lowest BCUT2D eigenvalue weighted by Crippen LogP contribution is -2.17. The summed E-state index contributed by atoms with van der Waals surface area (Å²) in [7, 11) is 0.982. The van der Waals surface area contributed by atoms with Gasteiger partial charge in [0.25, 0.3) is 0 Å². The molecule has 0 aliphatic heterocycles. The van der Waals surface area contributed by atoms with Gasteiger partial charge in [-0.1, -0.05) is 6.92 Å². The molecule has 0 N–H and O–H groups in total. The first-order chi connectivity index (χ1) is 3.62. The van der Waals surface area contributed by atoms with Crippen LogP contribution in [0, 0.1) is 6.92 Å². The van der Waals surface area contributed by atoms with E-state index in [9.17, 15) is 8.78 Å². The highest BCUT2D eigenvalue weighted by atomic mass is 19.3. The number of halogens is 2. The van der Waals surface area contributed by atoms with E-state index in [-0.39, 0.29) is 12.8 Å². The molecule has 49 valence electrons. The topological polar surface area (TPSA) is 9.23 Å². The summed E-state index contributed by atoms with van der Waals surface area (Å²) in [5, 5.41) is 0. The van der Waals surface area contributed by atoms with Crippen molar-refractivity contribution in [3.05, 3.63) is 6.92 Å². The molecule has 0 heterocycles. The fourth-order valence-electron chi connectivity index (χ4n) is 0.308. The number of methoxy groups -OCH3 is 1. The third kappa shape index (κ3) is 2.91. The standard InChI is InChI=1S/C5H9F2O/c1-3-4-5(6,7)8-2/h1,3-4H2,2H3. The van der Waals surface area contributed by atoms with Crippen LogP contribution < -0.4 is 0 Å². The Morgan fingerprint density at radius 3 is 2.25 bits per heavy atom. The SMILES string of the molecule is [CH2]CCC(F)(F)OC. The van der Waals surface area contributed by atoms with Crippen molar-refractivity contribution in [3.8, 4) is 0 Å². The molecule has 0 bridgehead atoms. The molecule has 0 spiro atoms. The minimum absolute atomic E-state index is 0.195. The monoisotopic (exact) mass is 123 g/mol. The van der Waals surface area contributed by atoms with Crippen molar-refractivity contribution in [2.75, 3.05) is 7.11 Å². The average Bonchev–Trinajstić information content (AvgIpc) is 1.67. The Bertz CT molecular complexity index is 63.4. The summed E-state index contributed by atoms with van der Waals surface area (Å²) in [6, 6.07) is 0. The maximum absolute atomic E-state index is 11.9. The van der Waals surface area contributed by atoms with Crippen LogP contribution >= 0.6 is 0 Å².